The molecule has 0 unspecified atom stereocenters. The first kappa shape index (κ1) is 13.7. The van der Waals surface area contributed by atoms with E-state index in [0.29, 0.717) is 6.79 Å². The van der Waals surface area contributed by atoms with Crippen molar-refractivity contribution in [1.29, 1.82) is 0 Å². The van der Waals surface area contributed by atoms with E-state index < -0.39 is 0 Å². The van der Waals surface area contributed by atoms with Crippen molar-refractivity contribution < 1.29 is 9.47 Å². The van der Waals surface area contributed by atoms with Crippen molar-refractivity contribution in [3.63, 3.8) is 0 Å². The molecule has 1 aromatic rings. The Balaban J connectivity index is 1.46. The lowest BCUT2D eigenvalue weighted by Gasteiger charge is -2.28. The molecule has 3 heteroatoms. The summed E-state index contributed by atoms with van der Waals surface area (Å²) < 4.78 is 10.9. The van der Waals surface area contributed by atoms with Gasteiger partial charge < -0.3 is 14.8 Å². The Labute approximate surface area is 121 Å². The Kier molecular flexibility index (Phi) is 4.46. The zero-order chi connectivity index (χ0) is 13.8. The number of ether oxygens (including phenoxy) is 2. The Morgan fingerprint density at radius 3 is 2.70 bits per heavy atom. The highest BCUT2D eigenvalue weighted by molar-refractivity contribution is 5.48. The third-order valence-electron chi connectivity index (χ3n) is 4.77. The van der Waals surface area contributed by atoms with Gasteiger partial charge in [-0.25, -0.2) is 0 Å². The predicted octanol–water partition coefficient (Wildman–Crippen LogP) is 3.72. The lowest BCUT2D eigenvalue weighted by atomic mass is 9.81. The molecule has 1 N–H and O–H groups in total. The van der Waals surface area contributed by atoms with Crippen molar-refractivity contribution in [3.05, 3.63) is 23.8 Å². The van der Waals surface area contributed by atoms with Gasteiger partial charge in [0, 0.05) is 12.1 Å². The van der Waals surface area contributed by atoms with Crippen LogP contribution in [-0.2, 0) is 6.54 Å². The van der Waals surface area contributed by atoms with Crippen LogP contribution in [0, 0.1) is 11.8 Å². The molecule has 1 aliphatic carbocycles. The standard InChI is InChI=1S/C17H25NO2/c1-2-13-6-8-14(9-7-13)10-18-11-15-4-3-5-16-17(15)20-12-19-16/h3-5,13-14,18H,2,6-12H2,1H3. The molecule has 2 aliphatic rings. The molecule has 3 rings (SSSR count). The number of nitrogens with one attached hydrogen (secondary N) is 1. The molecule has 1 heterocycles. The molecule has 0 atom stereocenters. The van der Waals surface area contributed by atoms with Crippen molar-refractivity contribution in [3.8, 4) is 11.5 Å². The number of hydrogen-bond donors (Lipinski definition) is 1. The van der Waals surface area contributed by atoms with Crippen LogP contribution in [0.15, 0.2) is 18.2 Å². The van der Waals surface area contributed by atoms with Crippen molar-refractivity contribution >= 4 is 0 Å². The molecule has 0 bridgehead atoms. The van der Waals surface area contributed by atoms with Gasteiger partial charge in [-0.2, -0.15) is 0 Å². The summed E-state index contributed by atoms with van der Waals surface area (Å²) >= 11 is 0. The Bertz CT molecular complexity index is 439. The summed E-state index contributed by atoms with van der Waals surface area (Å²) in [6.45, 7) is 4.68. The van der Waals surface area contributed by atoms with Gasteiger partial charge in [0.1, 0.15) is 0 Å². The third-order valence-corrected chi connectivity index (χ3v) is 4.77. The van der Waals surface area contributed by atoms with Crippen molar-refractivity contribution in [2.75, 3.05) is 13.3 Å². The van der Waals surface area contributed by atoms with Crippen LogP contribution in [0.5, 0.6) is 11.5 Å². The van der Waals surface area contributed by atoms with Gasteiger partial charge in [-0.1, -0.05) is 38.3 Å². The zero-order valence-corrected chi connectivity index (χ0v) is 12.4. The van der Waals surface area contributed by atoms with Crippen LogP contribution in [0.2, 0.25) is 0 Å². The van der Waals surface area contributed by atoms with E-state index in [1.165, 1.54) is 37.7 Å². The minimum atomic E-state index is 0.355. The monoisotopic (exact) mass is 275 g/mol. The van der Waals surface area contributed by atoms with Gasteiger partial charge in [-0.3, -0.25) is 0 Å². The fraction of sp³-hybridized carbons (Fsp3) is 0.647. The Morgan fingerprint density at radius 2 is 1.90 bits per heavy atom. The second-order valence-electron chi connectivity index (χ2n) is 6.08. The van der Waals surface area contributed by atoms with E-state index in [4.69, 9.17) is 9.47 Å². The molecule has 1 aromatic carbocycles. The summed E-state index contributed by atoms with van der Waals surface area (Å²) in [7, 11) is 0. The number of rotatable bonds is 5. The Morgan fingerprint density at radius 1 is 1.10 bits per heavy atom. The van der Waals surface area contributed by atoms with Gasteiger partial charge in [-0.15, -0.1) is 0 Å². The van der Waals surface area contributed by atoms with Crippen LogP contribution in [0.3, 0.4) is 0 Å². The summed E-state index contributed by atoms with van der Waals surface area (Å²) in [5.74, 6) is 3.64. The van der Waals surface area contributed by atoms with Gasteiger partial charge in [0.15, 0.2) is 11.5 Å². The fourth-order valence-corrected chi connectivity index (χ4v) is 3.38. The maximum Gasteiger partial charge on any atom is 0.231 e. The number of benzene rings is 1. The summed E-state index contributed by atoms with van der Waals surface area (Å²) in [6, 6.07) is 6.13. The normalized spacial score (nSPS) is 24.9. The summed E-state index contributed by atoms with van der Waals surface area (Å²) in [4.78, 5) is 0. The van der Waals surface area contributed by atoms with Crippen LogP contribution in [0.4, 0.5) is 0 Å². The van der Waals surface area contributed by atoms with Crippen molar-refractivity contribution in [2.45, 2.75) is 45.6 Å². The number of hydrogen-bond acceptors (Lipinski definition) is 3. The molecular formula is C17H25NO2. The molecule has 20 heavy (non-hydrogen) atoms. The molecule has 0 amide bonds. The van der Waals surface area contributed by atoms with Gasteiger partial charge in [0.2, 0.25) is 6.79 Å². The average Bonchev–Trinajstić information content (AvgIpc) is 2.97. The van der Waals surface area contributed by atoms with E-state index in [1.807, 2.05) is 12.1 Å². The van der Waals surface area contributed by atoms with Crippen molar-refractivity contribution in [1.82, 2.24) is 5.32 Å². The SMILES string of the molecule is CCC1CCC(CNCc2cccc3c2OCO3)CC1. The molecule has 0 spiro atoms. The highest BCUT2D eigenvalue weighted by atomic mass is 16.7. The van der Waals surface area contributed by atoms with Gasteiger partial charge >= 0.3 is 0 Å². The quantitative estimate of drug-likeness (QED) is 0.888. The minimum absolute atomic E-state index is 0.355. The molecule has 1 fully saturated rings. The third kappa shape index (κ3) is 3.09. The molecular weight excluding hydrogens is 250 g/mol. The van der Waals surface area contributed by atoms with Crippen LogP contribution >= 0.6 is 0 Å². The Hall–Kier alpha value is -1.22. The van der Waals surface area contributed by atoms with Gasteiger partial charge in [0.25, 0.3) is 0 Å². The zero-order valence-electron chi connectivity index (χ0n) is 12.4. The van der Waals surface area contributed by atoms with Gasteiger partial charge in [0.05, 0.1) is 0 Å². The smallest absolute Gasteiger partial charge is 0.231 e. The van der Waals surface area contributed by atoms with E-state index in [9.17, 15) is 0 Å². The second kappa shape index (κ2) is 6.49. The van der Waals surface area contributed by atoms with Crippen LogP contribution in [0.25, 0.3) is 0 Å². The lowest BCUT2D eigenvalue weighted by Crippen LogP contribution is -2.26. The maximum absolute atomic E-state index is 5.54. The average molecular weight is 275 g/mol. The molecule has 1 aliphatic heterocycles. The van der Waals surface area contributed by atoms with Crippen LogP contribution < -0.4 is 14.8 Å². The highest BCUT2D eigenvalue weighted by Crippen LogP contribution is 2.35. The van der Waals surface area contributed by atoms with Crippen LogP contribution in [0.1, 0.15) is 44.6 Å². The topological polar surface area (TPSA) is 30.5 Å². The van der Waals surface area contributed by atoms with E-state index in [0.717, 1.165) is 36.4 Å². The van der Waals surface area contributed by atoms with E-state index in [1.54, 1.807) is 0 Å². The minimum Gasteiger partial charge on any atom is -0.454 e. The first-order chi connectivity index (χ1) is 9.86. The predicted molar refractivity (Wildman–Crippen MR) is 80.0 cm³/mol. The first-order valence-electron chi connectivity index (χ1n) is 7.95. The maximum atomic E-state index is 5.54. The van der Waals surface area contributed by atoms with E-state index in [2.05, 4.69) is 18.3 Å². The summed E-state index contributed by atoms with van der Waals surface area (Å²) in [6.07, 6.45) is 6.96. The molecule has 110 valence electrons. The van der Waals surface area contributed by atoms with Gasteiger partial charge in [-0.05, 0) is 37.3 Å². The molecule has 0 radical (unpaired) electrons. The highest BCUT2D eigenvalue weighted by Gasteiger charge is 2.20. The molecule has 3 nitrogen and oxygen atoms in total. The lowest BCUT2D eigenvalue weighted by molar-refractivity contribution is 0.173. The summed E-state index contributed by atoms with van der Waals surface area (Å²) in [5.41, 5.74) is 1.21. The molecule has 1 saturated carbocycles. The van der Waals surface area contributed by atoms with Crippen molar-refractivity contribution in [2.24, 2.45) is 11.8 Å². The number of para-hydroxylation sites is 1. The summed E-state index contributed by atoms with van der Waals surface area (Å²) in [5, 5.41) is 3.60. The largest absolute Gasteiger partial charge is 0.454 e. The van der Waals surface area contributed by atoms with E-state index >= 15 is 0 Å². The van der Waals surface area contributed by atoms with E-state index in [-0.39, 0.29) is 0 Å². The molecule has 0 saturated heterocycles. The first-order valence-corrected chi connectivity index (χ1v) is 7.95. The molecule has 0 aromatic heterocycles. The fourth-order valence-electron chi connectivity index (χ4n) is 3.38. The number of fused-ring (bicyclic) bond motifs is 1. The van der Waals surface area contributed by atoms with Crippen LogP contribution in [-0.4, -0.2) is 13.3 Å². The second-order valence-corrected chi connectivity index (χ2v) is 6.08.